The molecule has 0 fully saturated rings. The Morgan fingerprint density at radius 3 is 2.81 bits per heavy atom. The fourth-order valence-corrected chi connectivity index (χ4v) is 2.42. The van der Waals surface area contributed by atoms with E-state index in [1.54, 1.807) is 6.92 Å². The zero-order valence-corrected chi connectivity index (χ0v) is 13.6. The maximum Gasteiger partial charge on any atom is 0.306 e. The summed E-state index contributed by atoms with van der Waals surface area (Å²) in [6.07, 6.45) is 1.33. The molecule has 0 saturated heterocycles. The van der Waals surface area contributed by atoms with Gasteiger partial charge in [-0.3, -0.25) is 9.59 Å². The van der Waals surface area contributed by atoms with Gasteiger partial charge in [0.2, 0.25) is 5.91 Å². The lowest BCUT2D eigenvalue weighted by Gasteiger charge is -2.08. The van der Waals surface area contributed by atoms with Gasteiger partial charge in [-0.15, -0.1) is 11.3 Å². The molecule has 0 aliphatic heterocycles. The molecule has 2 N–H and O–H groups in total. The highest BCUT2D eigenvalue weighted by Gasteiger charge is 2.07. The molecule has 0 spiro atoms. The van der Waals surface area contributed by atoms with E-state index in [-0.39, 0.29) is 17.9 Å². The number of carbonyl (C=O) groups is 2. The number of carbonyl (C=O) groups excluding carboxylic acids is 2. The number of hydrogen-bond acceptors (Lipinski definition) is 6. The van der Waals surface area contributed by atoms with Crippen LogP contribution in [-0.4, -0.2) is 36.1 Å². The van der Waals surface area contributed by atoms with Crippen LogP contribution < -0.4 is 10.6 Å². The molecule has 118 valence electrons. The summed E-state index contributed by atoms with van der Waals surface area (Å²) in [6, 6.07) is 0.159. The van der Waals surface area contributed by atoms with Crippen LogP contribution in [0.1, 0.15) is 39.3 Å². The topological polar surface area (TPSA) is 80.3 Å². The van der Waals surface area contributed by atoms with Gasteiger partial charge >= 0.3 is 5.97 Å². The maximum atomic E-state index is 11.5. The molecule has 0 saturated carbocycles. The van der Waals surface area contributed by atoms with Crippen LogP contribution in [-0.2, 0) is 20.7 Å². The third kappa shape index (κ3) is 7.65. The molecule has 1 aromatic rings. The average Bonchev–Trinajstić information content (AvgIpc) is 2.84. The second-order valence-electron chi connectivity index (χ2n) is 4.85. The van der Waals surface area contributed by atoms with E-state index in [4.69, 9.17) is 4.74 Å². The van der Waals surface area contributed by atoms with Gasteiger partial charge in [0.25, 0.3) is 0 Å². The van der Waals surface area contributed by atoms with Gasteiger partial charge in [0.1, 0.15) is 0 Å². The number of anilines is 1. The van der Waals surface area contributed by atoms with Crippen molar-refractivity contribution in [3.8, 4) is 0 Å². The summed E-state index contributed by atoms with van der Waals surface area (Å²) in [5.41, 5.74) is 0.863. The molecular formula is C14H23N3O3S. The Labute approximate surface area is 129 Å². The van der Waals surface area contributed by atoms with E-state index < -0.39 is 0 Å². The lowest BCUT2D eigenvalue weighted by molar-refractivity contribution is -0.143. The molecular weight excluding hydrogens is 290 g/mol. The van der Waals surface area contributed by atoms with Crippen molar-refractivity contribution < 1.29 is 14.3 Å². The fourth-order valence-electron chi connectivity index (χ4n) is 1.64. The van der Waals surface area contributed by atoms with Crippen molar-refractivity contribution in [3.05, 3.63) is 11.1 Å². The number of amides is 1. The van der Waals surface area contributed by atoms with E-state index in [0.717, 1.165) is 10.8 Å². The van der Waals surface area contributed by atoms with Crippen LogP contribution in [0.25, 0.3) is 0 Å². The van der Waals surface area contributed by atoms with Crippen LogP contribution in [0, 0.1) is 0 Å². The highest BCUT2D eigenvalue weighted by molar-refractivity contribution is 7.13. The summed E-state index contributed by atoms with van der Waals surface area (Å²) in [5.74, 6) is -0.179. The third-order valence-corrected chi connectivity index (χ3v) is 3.37. The zero-order valence-electron chi connectivity index (χ0n) is 12.8. The number of esters is 1. The fraction of sp³-hybridized carbons (Fsp3) is 0.643. The molecule has 6 nitrogen and oxygen atoms in total. The summed E-state index contributed by atoms with van der Waals surface area (Å²) in [5, 5.41) is 8.63. The third-order valence-electron chi connectivity index (χ3n) is 2.52. The second-order valence-corrected chi connectivity index (χ2v) is 5.71. The maximum absolute atomic E-state index is 11.5. The number of nitrogens with zero attached hydrogens (tertiary/aromatic N) is 1. The highest BCUT2D eigenvalue weighted by atomic mass is 32.1. The Balaban J connectivity index is 2.25. The summed E-state index contributed by atoms with van der Waals surface area (Å²) in [7, 11) is 0. The first-order valence-corrected chi connectivity index (χ1v) is 8.02. The van der Waals surface area contributed by atoms with Crippen LogP contribution in [0.3, 0.4) is 0 Å². The first-order chi connectivity index (χ1) is 10.0. The normalized spacial score (nSPS) is 10.5. The van der Waals surface area contributed by atoms with Crippen molar-refractivity contribution in [3.63, 3.8) is 0 Å². The Hall–Kier alpha value is -1.63. The van der Waals surface area contributed by atoms with E-state index >= 15 is 0 Å². The second kappa shape index (κ2) is 9.33. The number of aryl methyl sites for hydroxylation is 1. The number of thiazole rings is 1. The minimum absolute atomic E-state index is 0.0246. The van der Waals surface area contributed by atoms with Crippen molar-refractivity contribution in [1.29, 1.82) is 0 Å². The molecule has 0 aromatic carbocycles. The summed E-state index contributed by atoms with van der Waals surface area (Å²) < 4.78 is 4.87. The van der Waals surface area contributed by atoms with Crippen LogP contribution in [0.4, 0.5) is 5.13 Å². The molecule has 21 heavy (non-hydrogen) atoms. The van der Waals surface area contributed by atoms with Crippen molar-refractivity contribution >= 4 is 28.3 Å². The SMILES string of the molecule is CCOC(=O)CCc1csc(NCCC(=O)NC(C)C)n1. The first kappa shape index (κ1) is 17.4. The number of rotatable bonds is 9. The molecule has 0 aliphatic rings. The molecule has 1 aromatic heterocycles. The minimum atomic E-state index is -0.203. The molecule has 0 radical (unpaired) electrons. The van der Waals surface area contributed by atoms with Crippen molar-refractivity contribution in [2.75, 3.05) is 18.5 Å². The molecule has 0 unspecified atom stereocenters. The van der Waals surface area contributed by atoms with Gasteiger partial charge in [0.05, 0.1) is 18.7 Å². The molecule has 0 aliphatic carbocycles. The van der Waals surface area contributed by atoms with Gasteiger partial charge in [-0.2, -0.15) is 0 Å². The van der Waals surface area contributed by atoms with E-state index in [9.17, 15) is 9.59 Å². The predicted molar refractivity (Wildman–Crippen MR) is 83.5 cm³/mol. The van der Waals surface area contributed by atoms with Crippen molar-refractivity contribution in [2.45, 2.75) is 46.1 Å². The van der Waals surface area contributed by atoms with Crippen LogP contribution in [0.15, 0.2) is 5.38 Å². The summed E-state index contributed by atoms with van der Waals surface area (Å²) in [4.78, 5) is 27.1. The highest BCUT2D eigenvalue weighted by Crippen LogP contribution is 2.16. The Kier molecular flexibility index (Phi) is 7.74. The first-order valence-electron chi connectivity index (χ1n) is 7.14. The van der Waals surface area contributed by atoms with Gasteiger partial charge in [0.15, 0.2) is 5.13 Å². The predicted octanol–water partition coefficient (Wildman–Crippen LogP) is 1.97. The molecule has 1 rings (SSSR count). The molecule has 0 bridgehead atoms. The smallest absolute Gasteiger partial charge is 0.306 e. The van der Waals surface area contributed by atoms with Crippen LogP contribution >= 0.6 is 11.3 Å². The Morgan fingerprint density at radius 2 is 2.14 bits per heavy atom. The lowest BCUT2D eigenvalue weighted by Crippen LogP contribution is -2.31. The van der Waals surface area contributed by atoms with E-state index in [1.807, 2.05) is 19.2 Å². The zero-order chi connectivity index (χ0) is 15.7. The monoisotopic (exact) mass is 313 g/mol. The van der Waals surface area contributed by atoms with Crippen molar-refractivity contribution in [1.82, 2.24) is 10.3 Å². The number of aromatic nitrogens is 1. The Bertz CT molecular complexity index is 460. The number of nitrogens with one attached hydrogen (secondary N) is 2. The van der Waals surface area contributed by atoms with Gasteiger partial charge in [-0.1, -0.05) is 0 Å². The van der Waals surface area contributed by atoms with Gasteiger partial charge in [0, 0.05) is 30.8 Å². The lowest BCUT2D eigenvalue weighted by atomic mass is 10.2. The summed E-state index contributed by atoms with van der Waals surface area (Å²) >= 11 is 1.47. The molecule has 1 amide bonds. The standard InChI is InChI=1S/C14H23N3O3S/c1-4-20-13(19)6-5-11-9-21-14(17-11)15-8-7-12(18)16-10(2)3/h9-10H,4-8H2,1-3H3,(H,15,17)(H,16,18). The number of hydrogen-bond donors (Lipinski definition) is 2. The van der Waals surface area contributed by atoms with Gasteiger partial charge in [-0.05, 0) is 20.8 Å². The molecule has 0 atom stereocenters. The van der Waals surface area contributed by atoms with Gasteiger partial charge in [-0.25, -0.2) is 4.98 Å². The van der Waals surface area contributed by atoms with Crippen LogP contribution in [0.2, 0.25) is 0 Å². The molecule has 1 heterocycles. The largest absolute Gasteiger partial charge is 0.466 e. The van der Waals surface area contributed by atoms with E-state index in [2.05, 4.69) is 15.6 Å². The number of ether oxygens (including phenoxy) is 1. The van der Waals surface area contributed by atoms with Crippen LogP contribution in [0.5, 0.6) is 0 Å². The van der Waals surface area contributed by atoms with E-state index in [0.29, 0.717) is 32.4 Å². The quantitative estimate of drug-likeness (QED) is 0.681. The van der Waals surface area contributed by atoms with Gasteiger partial charge < -0.3 is 15.4 Å². The Morgan fingerprint density at radius 1 is 1.38 bits per heavy atom. The minimum Gasteiger partial charge on any atom is -0.466 e. The molecule has 7 heteroatoms. The average molecular weight is 313 g/mol. The summed E-state index contributed by atoms with van der Waals surface area (Å²) in [6.45, 7) is 6.60. The van der Waals surface area contributed by atoms with Crippen molar-refractivity contribution in [2.24, 2.45) is 0 Å². The van der Waals surface area contributed by atoms with E-state index in [1.165, 1.54) is 11.3 Å².